The molecule has 0 radical (unpaired) electrons. The first-order chi connectivity index (χ1) is 11.5. The van der Waals surface area contributed by atoms with Gasteiger partial charge in [0.15, 0.2) is 6.10 Å². The number of halogens is 2. The molecular formula is C17H12F2N2O3. The molecule has 0 saturated carbocycles. The Hall–Kier alpha value is -3.09. The van der Waals surface area contributed by atoms with E-state index in [9.17, 15) is 13.6 Å². The fraction of sp³-hybridized carbons (Fsp3) is 0.118. The Balaban J connectivity index is 1.74. The number of carbonyl (C=O) groups excluding carboxylic acids is 1. The molecule has 0 aliphatic heterocycles. The number of hydrogen-bond acceptors (Lipinski definition) is 5. The minimum atomic E-state index is -0.889. The predicted molar refractivity (Wildman–Crippen MR) is 79.9 cm³/mol. The van der Waals surface area contributed by atoms with E-state index < -0.39 is 23.7 Å². The average molecular weight is 330 g/mol. The molecule has 0 amide bonds. The number of nitrogens with zero attached hydrogens (tertiary/aromatic N) is 2. The summed E-state index contributed by atoms with van der Waals surface area (Å²) in [6.07, 6.45) is -0.867. The van der Waals surface area contributed by atoms with E-state index in [1.165, 1.54) is 6.92 Å². The van der Waals surface area contributed by atoms with E-state index in [2.05, 4.69) is 10.2 Å². The number of aromatic nitrogens is 2. The quantitative estimate of drug-likeness (QED) is 0.678. The molecule has 3 rings (SSSR count). The van der Waals surface area contributed by atoms with Gasteiger partial charge in [-0.1, -0.05) is 18.2 Å². The van der Waals surface area contributed by atoms with Crippen molar-refractivity contribution >= 4 is 5.97 Å². The van der Waals surface area contributed by atoms with Crippen LogP contribution in [-0.4, -0.2) is 16.2 Å². The summed E-state index contributed by atoms with van der Waals surface area (Å²) in [6, 6.07) is 11.5. The Morgan fingerprint density at radius 2 is 1.75 bits per heavy atom. The maximum absolute atomic E-state index is 13.2. The number of hydrogen-bond donors (Lipinski definition) is 0. The molecule has 0 bridgehead atoms. The van der Waals surface area contributed by atoms with Crippen molar-refractivity contribution in [3.63, 3.8) is 0 Å². The van der Waals surface area contributed by atoms with E-state index in [0.29, 0.717) is 6.07 Å². The van der Waals surface area contributed by atoms with Gasteiger partial charge in [-0.05, 0) is 31.2 Å². The zero-order chi connectivity index (χ0) is 17.1. The highest BCUT2D eigenvalue weighted by Gasteiger charge is 2.20. The van der Waals surface area contributed by atoms with Crippen LogP contribution in [0.2, 0.25) is 0 Å². The zero-order valence-corrected chi connectivity index (χ0v) is 12.6. The van der Waals surface area contributed by atoms with Crippen LogP contribution in [0.15, 0.2) is 52.9 Å². The van der Waals surface area contributed by atoms with Gasteiger partial charge in [-0.3, -0.25) is 0 Å². The van der Waals surface area contributed by atoms with Crippen LogP contribution in [0.4, 0.5) is 8.78 Å². The molecule has 2 aromatic carbocycles. The van der Waals surface area contributed by atoms with E-state index in [0.717, 1.165) is 17.7 Å². The molecule has 0 N–H and O–H groups in total. The lowest BCUT2D eigenvalue weighted by Crippen LogP contribution is -2.10. The van der Waals surface area contributed by atoms with Crippen molar-refractivity contribution in [2.24, 2.45) is 0 Å². The summed E-state index contributed by atoms with van der Waals surface area (Å²) in [4.78, 5) is 12.0. The van der Waals surface area contributed by atoms with E-state index >= 15 is 0 Å². The Morgan fingerprint density at radius 1 is 1.08 bits per heavy atom. The molecule has 1 unspecified atom stereocenters. The lowest BCUT2D eigenvalue weighted by Gasteiger charge is -2.09. The Morgan fingerprint density at radius 3 is 2.42 bits per heavy atom. The highest BCUT2D eigenvalue weighted by molar-refractivity contribution is 5.89. The first kappa shape index (κ1) is 15.8. The van der Waals surface area contributed by atoms with Gasteiger partial charge >= 0.3 is 5.97 Å². The minimum Gasteiger partial charge on any atom is -0.449 e. The van der Waals surface area contributed by atoms with E-state index in [-0.39, 0.29) is 17.3 Å². The van der Waals surface area contributed by atoms with E-state index in [1.54, 1.807) is 12.1 Å². The van der Waals surface area contributed by atoms with Crippen LogP contribution >= 0.6 is 0 Å². The summed E-state index contributed by atoms with van der Waals surface area (Å²) in [5.41, 5.74) is 0.490. The molecule has 24 heavy (non-hydrogen) atoms. The van der Waals surface area contributed by atoms with Crippen LogP contribution in [0.3, 0.4) is 0 Å². The maximum atomic E-state index is 13.2. The van der Waals surface area contributed by atoms with Gasteiger partial charge in [0.25, 0.3) is 5.89 Å². The van der Waals surface area contributed by atoms with Crippen molar-refractivity contribution in [3.05, 3.63) is 71.6 Å². The number of esters is 1. The smallest absolute Gasteiger partial charge is 0.339 e. The molecule has 7 heteroatoms. The summed E-state index contributed by atoms with van der Waals surface area (Å²) in [5, 5.41) is 7.72. The van der Waals surface area contributed by atoms with Gasteiger partial charge in [0.2, 0.25) is 5.89 Å². The molecule has 1 aromatic heterocycles. The second-order valence-electron chi connectivity index (χ2n) is 5.02. The van der Waals surface area contributed by atoms with Gasteiger partial charge in [-0.2, -0.15) is 0 Å². The lowest BCUT2D eigenvalue weighted by molar-refractivity contribution is 0.0278. The number of ether oxygens (including phenoxy) is 1. The fourth-order valence-corrected chi connectivity index (χ4v) is 2.05. The Kier molecular flexibility index (Phi) is 4.33. The minimum absolute atomic E-state index is 0.0825. The molecule has 0 saturated heterocycles. The third kappa shape index (κ3) is 3.45. The van der Waals surface area contributed by atoms with Crippen LogP contribution in [0, 0.1) is 11.6 Å². The summed E-state index contributed by atoms with van der Waals surface area (Å²) in [6.45, 7) is 1.52. The van der Waals surface area contributed by atoms with Crippen molar-refractivity contribution < 1.29 is 22.7 Å². The van der Waals surface area contributed by atoms with Crippen LogP contribution < -0.4 is 0 Å². The summed E-state index contributed by atoms with van der Waals surface area (Å²) in [5.74, 6) is -2.25. The van der Waals surface area contributed by atoms with E-state index in [1.807, 2.05) is 18.2 Å². The van der Waals surface area contributed by atoms with Crippen molar-refractivity contribution in [3.8, 4) is 11.5 Å². The van der Waals surface area contributed by atoms with Crippen LogP contribution in [0.5, 0.6) is 0 Å². The standard InChI is InChI=1S/C17H12F2N2O3/c1-10(23-17(22)12-7-13(18)9-14(19)8-12)15-20-21-16(24-15)11-5-3-2-4-6-11/h2-10H,1H3. The largest absolute Gasteiger partial charge is 0.449 e. The molecule has 1 atom stereocenters. The predicted octanol–water partition coefficient (Wildman–Crippen LogP) is 3.93. The topological polar surface area (TPSA) is 65.2 Å². The molecule has 0 fully saturated rings. The van der Waals surface area contributed by atoms with Crippen molar-refractivity contribution in [2.45, 2.75) is 13.0 Å². The Labute approximate surface area is 135 Å². The highest BCUT2D eigenvalue weighted by Crippen LogP contribution is 2.23. The van der Waals surface area contributed by atoms with Crippen molar-refractivity contribution in [1.29, 1.82) is 0 Å². The number of benzene rings is 2. The summed E-state index contributed by atoms with van der Waals surface area (Å²) < 4.78 is 36.9. The van der Waals surface area contributed by atoms with Gasteiger partial charge in [0, 0.05) is 11.6 Å². The molecule has 0 aliphatic rings. The fourth-order valence-electron chi connectivity index (χ4n) is 2.05. The molecular weight excluding hydrogens is 318 g/mol. The average Bonchev–Trinajstić information content (AvgIpc) is 3.05. The second-order valence-corrected chi connectivity index (χ2v) is 5.02. The van der Waals surface area contributed by atoms with Gasteiger partial charge in [-0.15, -0.1) is 10.2 Å². The zero-order valence-electron chi connectivity index (χ0n) is 12.6. The number of rotatable bonds is 4. The van der Waals surface area contributed by atoms with E-state index in [4.69, 9.17) is 9.15 Å². The maximum Gasteiger partial charge on any atom is 0.339 e. The van der Waals surface area contributed by atoms with Crippen LogP contribution in [0.25, 0.3) is 11.5 Å². The van der Waals surface area contributed by atoms with Gasteiger partial charge in [0.1, 0.15) is 11.6 Å². The van der Waals surface area contributed by atoms with Gasteiger partial charge in [-0.25, -0.2) is 13.6 Å². The monoisotopic (exact) mass is 330 g/mol. The third-order valence-electron chi connectivity index (χ3n) is 3.19. The normalized spacial score (nSPS) is 12.0. The lowest BCUT2D eigenvalue weighted by atomic mass is 10.2. The molecule has 0 spiro atoms. The van der Waals surface area contributed by atoms with Crippen LogP contribution in [0.1, 0.15) is 29.3 Å². The van der Waals surface area contributed by atoms with Crippen LogP contribution in [-0.2, 0) is 4.74 Å². The third-order valence-corrected chi connectivity index (χ3v) is 3.19. The molecule has 1 heterocycles. The first-order valence-corrected chi connectivity index (χ1v) is 7.09. The SMILES string of the molecule is CC(OC(=O)c1cc(F)cc(F)c1)c1nnc(-c2ccccc2)o1. The van der Waals surface area contributed by atoms with Crippen molar-refractivity contribution in [2.75, 3.05) is 0 Å². The highest BCUT2D eigenvalue weighted by atomic mass is 19.1. The van der Waals surface area contributed by atoms with Gasteiger partial charge in [0.05, 0.1) is 5.56 Å². The molecule has 0 aliphatic carbocycles. The second kappa shape index (κ2) is 6.57. The van der Waals surface area contributed by atoms with Crippen molar-refractivity contribution in [1.82, 2.24) is 10.2 Å². The first-order valence-electron chi connectivity index (χ1n) is 7.09. The molecule has 3 aromatic rings. The van der Waals surface area contributed by atoms with Gasteiger partial charge < -0.3 is 9.15 Å². The molecule has 5 nitrogen and oxygen atoms in total. The molecule has 122 valence electrons. The summed E-state index contributed by atoms with van der Waals surface area (Å²) in [7, 11) is 0. The Bertz CT molecular complexity index is 845. The number of carbonyl (C=O) groups is 1. The summed E-state index contributed by atoms with van der Waals surface area (Å²) >= 11 is 0.